The number of ketones is 3. The quantitative estimate of drug-likeness (QED) is 0.894. The number of benzene rings is 2. The van der Waals surface area contributed by atoms with Crippen LogP contribution in [-0.2, 0) is 14.3 Å². The van der Waals surface area contributed by atoms with Gasteiger partial charge in [-0.15, -0.1) is 0 Å². The van der Waals surface area contributed by atoms with Crippen molar-refractivity contribution < 1.29 is 29.0 Å². The number of hydrogen-bond acceptors (Lipinski definition) is 6. The zero-order valence-corrected chi connectivity index (χ0v) is 14.2. The number of allylic oxidation sites excluding steroid dienone is 1. The molecule has 4 rings (SSSR count). The fourth-order valence-electron chi connectivity index (χ4n) is 3.69. The number of rotatable bonds is 2. The second-order valence-electron chi connectivity index (χ2n) is 6.47. The summed E-state index contributed by atoms with van der Waals surface area (Å²) in [7, 11) is 1.33. The molecule has 2 aromatic carbocycles. The van der Waals surface area contributed by atoms with Crippen LogP contribution in [0.4, 0.5) is 0 Å². The molecule has 0 radical (unpaired) electrons. The second kappa shape index (κ2) is 5.69. The standard InChI is InChI=1S/C20H16O6/c1-9(21)14-8-13-16(20(25-2)26-14)19(24)12-7-10-5-3-4-6-11(10)17(22)15(12)18(13)23/h3-7,13-14,22H,8H2,1-2H3. The van der Waals surface area contributed by atoms with E-state index in [-0.39, 0.29) is 40.6 Å². The largest absolute Gasteiger partial charge is 0.507 e. The Bertz CT molecular complexity index is 1020. The van der Waals surface area contributed by atoms with Gasteiger partial charge in [0.2, 0.25) is 0 Å². The fourth-order valence-corrected chi connectivity index (χ4v) is 3.69. The molecule has 1 heterocycles. The predicted octanol–water partition coefficient (Wildman–Crippen LogP) is 2.78. The van der Waals surface area contributed by atoms with Crippen LogP contribution in [0, 0.1) is 5.92 Å². The van der Waals surface area contributed by atoms with Crippen molar-refractivity contribution in [3.63, 3.8) is 0 Å². The molecule has 2 aliphatic rings. The number of hydrogen-bond donors (Lipinski definition) is 1. The molecular weight excluding hydrogens is 336 g/mol. The van der Waals surface area contributed by atoms with Crippen LogP contribution in [0.1, 0.15) is 34.1 Å². The third-order valence-electron chi connectivity index (χ3n) is 4.98. The summed E-state index contributed by atoms with van der Waals surface area (Å²) < 4.78 is 10.7. The van der Waals surface area contributed by atoms with Gasteiger partial charge in [-0.2, -0.15) is 0 Å². The number of carbonyl (C=O) groups is 3. The SMILES string of the molecule is COC1=C2C(=O)c3cc4ccccc4c(O)c3C(=O)C2CC(C(C)=O)O1. The molecule has 2 aromatic rings. The zero-order chi connectivity index (χ0) is 18.6. The number of carbonyl (C=O) groups excluding carboxylic acids is 3. The van der Waals surface area contributed by atoms with Crippen LogP contribution >= 0.6 is 0 Å². The first-order valence-electron chi connectivity index (χ1n) is 8.23. The Labute approximate surface area is 149 Å². The molecule has 6 heteroatoms. The van der Waals surface area contributed by atoms with Gasteiger partial charge >= 0.3 is 0 Å². The Morgan fingerprint density at radius 3 is 2.69 bits per heavy atom. The summed E-state index contributed by atoms with van der Waals surface area (Å²) in [4.78, 5) is 38.0. The Hall–Kier alpha value is -3.15. The van der Waals surface area contributed by atoms with E-state index in [9.17, 15) is 19.5 Å². The fraction of sp³-hybridized carbons (Fsp3) is 0.250. The summed E-state index contributed by atoms with van der Waals surface area (Å²) in [5.74, 6) is -2.27. The third-order valence-corrected chi connectivity index (χ3v) is 4.98. The summed E-state index contributed by atoms with van der Waals surface area (Å²) in [5.41, 5.74) is 0.233. The van der Waals surface area contributed by atoms with Gasteiger partial charge in [-0.05, 0) is 18.4 Å². The van der Waals surface area contributed by atoms with Crippen molar-refractivity contribution in [3.05, 3.63) is 53.0 Å². The van der Waals surface area contributed by atoms with Crippen molar-refractivity contribution >= 4 is 28.1 Å². The molecule has 0 amide bonds. The maximum absolute atomic E-state index is 13.1. The van der Waals surface area contributed by atoms with E-state index in [0.717, 1.165) is 0 Å². The number of methoxy groups -OCH3 is 1. The molecule has 1 aliphatic carbocycles. The highest BCUT2D eigenvalue weighted by molar-refractivity contribution is 6.26. The van der Waals surface area contributed by atoms with Crippen LogP contribution in [0.5, 0.6) is 5.75 Å². The van der Waals surface area contributed by atoms with Crippen LogP contribution in [-0.4, -0.2) is 35.7 Å². The first kappa shape index (κ1) is 16.3. The predicted molar refractivity (Wildman–Crippen MR) is 92.0 cm³/mol. The lowest BCUT2D eigenvalue weighted by atomic mass is 9.73. The van der Waals surface area contributed by atoms with Gasteiger partial charge in [0.05, 0.1) is 24.2 Å². The van der Waals surface area contributed by atoms with Gasteiger partial charge in [0.1, 0.15) is 5.75 Å². The number of fused-ring (bicyclic) bond motifs is 3. The number of Topliss-reactive ketones (excluding diaryl/α,β-unsaturated/α-hetero) is 3. The summed E-state index contributed by atoms with van der Waals surface area (Å²) in [6.45, 7) is 1.36. The number of aromatic hydroxyl groups is 1. The minimum Gasteiger partial charge on any atom is -0.507 e. The topological polar surface area (TPSA) is 89.9 Å². The van der Waals surface area contributed by atoms with E-state index >= 15 is 0 Å². The first-order chi connectivity index (χ1) is 12.4. The smallest absolute Gasteiger partial charge is 0.287 e. The van der Waals surface area contributed by atoms with E-state index in [0.29, 0.717) is 10.8 Å². The number of phenolic OH excluding ortho intramolecular Hbond substituents is 1. The first-order valence-corrected chi connectivity index (χ1v) is 8.23. The van der Waals surface area contributed by atoms with Crippen LogP contribution in [0.15, 0.2) is 41.9 Å². The van der Waals surface area contributed by atoms with Crippen molar-refractivity contribution in [1.29, 1.82) is 0 Å². The third kappa shape index (κ3) is 2.15. The Morgan fingerprint density at radius 1 is 1.27 bits per heavy atom. The van der Waals surface area contributed by atoms with Gasteiger partial charge in [0.25, 0.3) is 5.95 Å². The van der Waals surface area contributed by atoms with Crippen molar-refractivity contribution in [2.45, 2.75) is 19.4 Å². The molecule has 0 saturated carbocycles. The highest BCUT2D eigenvalue weighted by Crippen LogP contribution is 2.44. The normalized spacial score (nSPS) is 21.9. The molecule has 0 bridgehead atoms. The molecule has 0 saturated heterocycles. The maximum atomic E-state index is 13.1. The van der Waals surface area contributed by atoms with E-state index in [1.165, 1.54) is 14.0 Å². The van der Waals surface area contributed by atoms with Crippen molar-refractivity contribution in [1.82, 2.24) is 0 Å². The van der Waals surface area contributed by atoms with Gasteiger partial charge in [0, 0.05) is 17.4 Å². The lowest BCUT2D eigenvalue weighted by Gasteiger charge is -2.34. The summed E-state index contributed by atoms with van der Waals surface area (Å²) in [6.07, 6.45) is -0.812. The van der Waals surface area contributed by atoms with Crippen LogP contribution in [0.2, 0.25) is 0 Å². The molecule has 132 valence electrons. The van der Waals surface area contributed by atoms with Gasteiger partial charge in [-0.1, -0.05) is 24.3 Å². The van der Waals surface area contributed by atoms with E-state index in [4.69, 9.17) is 9.47 Å². The lowest BCUT2D eigenvalue weighted by molar-refractivity contribution is -0.131. The van der Waals surface area contributed by atoms with Gasteiger partial charge in [-0.3, -0.25) is 14.4 Å². The minimum atomic E-state index is -0.875. The second-order valence-corrected chi connectivity index (χ2v) is 6.47. The Balaban J connectivity index is 1.99. The van der Waals surface area contributed by atoms with E-state index in [2.05, 4.69) is 0 Å². The van der Waals surface area contributed by atoms with E-state index in [1.807, 2.05) is 0 Å². The van der Waals surface area contributed by atoms with Crippen molar-refractivity contribution in [2.24, 2.45) is 5.92 Å². The number of phenols is 1. The molecule has 1 N–H and O–H groups in total. The van der Waals surface area contributed by atoms with Crippen molar-refractivity contribution in [2.75, 3.05) is 7.11 Å². The van der Waals surface area contributed by atoms with Crippen LogP contribution in [0.3, 0.4) is 0 Å². The number of ether oxygens (including phenoxy) is 2. The molecule has 2 atom stereocenters. The van der Waals surface area contributed by atoms with Gasteiger partial charge in [-0.25, -0.2) is 0 Å². The summed E-state index contributed by atoms with van der Waals surface area (Å²) in [5, 5.41) is 11.8. The molecule has 26 heavy (non-hydrogen) atoms. The average Bonchev–Trinajstić information content (AvgIpc) is 2.64. The molecular formula is C20H16O6. The highest BCUT2D eigenvalue weighted by Gasteiger charge is 2.47. The summed E-state index contributed by atoms with van der Waals surface area (Å²) in [6, 6.07) is 8.58. The Kier molecular flexibility index (Phi) is 3.57. The molecule has 0 aromatic heterocycles. The van der Waals surface area contributed by atoms with Crippen LogP contribution < -0.4 is 0 Å². The average molecular weight is 352 g/mol. The highest BCUT2D eigenvalue weighted by atomic mass is 16.7. The van der Waals surface area contributed by atoms with Crippen LogP contribution in [0.25, 0.3) is 10.8 Å². The lowest BCUT2D eigenvalue weighted by Crippen LogP contribution is -2.40. The molecule has 1 aliphatic heterocycles. The van der Waals surface area contributed by atoms with E-state index < -0.39 is 23.6 Å². The summed E-state index contributed by atoms with van der Waals surface area (Å²) >= 11 is 0. The Morgan fingerprint density at radius 2 is 2.00 bits per heavy atom. The zero-order valence-electron chi connectivity index (χ0n) is 14.2. The van der Waals surface area contributed by atoms with E-state index in [1.54, 1.807) is 30.3 Å². The molecule has 0 spiro atoms. The maximum Gasteiger partial charge on any atom is 0.287 e. The molecule has 0 fully saturated rings. The minimum absolute atomic E-state index is 0.00195. The molecule has 2 unspecified atom stereocenters. The molecule has 6 nitrogen and oxygen atoms in total. The van der Waals surface area contributed by atoms with Crippen molar-refractivity contribution in [3.8, 4) is 5.75 Å². The van der Waals surface area contributed by atoms with Gasteiger partial charge in [0.15, 0.2) is 23.5 Å². The monoisotopic (exact) mass is 352 g/mol. The van der Waals surface area contributed by atoms with Gasteiger partial charge < -0.3 is 14.6 Å².